The van der Waals surface area contributed by atoms with Crippen LogP contribution in [0.25, 0.3) is 0 Å². The summed E-state index contributed by atoms with van der Waals surface area (Å²) in [5.41, 5.74) is 0. The third-order valence-corrected chi connectivity index (χ3v) is 23.1. The predicted molar refractivity (Wildman–Crippen MR) is 500 cm³/mol. The molecular weight excluding hydrogens is 1530 g/mol. The van der Waals surface area contributed by atoms with E-state index in [2.05, 4.69) is 142 Å². The van der Waals surface area contributed by atoms with Crippen molar-refractivity contribution in [2.45, 2.75) is 463 Å². The number of hydrogen-bond acceptors (Lipinski definition) is 14. The number of phosphoric acid groups is 2. The van der Waals surface area contributed by atoms with Gasteiger partial charge in [0.25, 0.3) is 0 Å². The average molecular weight is 1710 g/mol. The van der Waals surface area contributed by atoms with Gasteiger partial charge in [0, 0.05) is 19.3 Å². The minimum atomic E-state index is -4.93. The second-order valence-electron chi connectivity index (χ2n) is 32.8. The molecule has 0 aliphatic carbocycles. The zero-order valence-corrected chi connectivity index (χ0v) is 78.1. The summed E-state index contributed by atoms with van der Waals surface area (Å²) in [5, 5.41) is 20.7. The van der Waals surface area contributed by atoms with Crippen molar-refractivity contribution in [3.8, 4) is 0 Å². The third-order valence-electron chi connectivity index (χ3n) is 21.2. The molecule has 0 aliphatic heterocycles. The van der Waals surface area contributed by atoms with Gasteiger partial charge in [-0.1, -0.05) is 438 Å². The van der Waals surface area contributed by atoms with Crippen LogP contribution in [0.2, 0.25) is 0 Å². The molecule has 0 radical (unpaired) electrons. The molecule has 0 spiro atoms. The second-order valence-corrected chi connectivity index (χ2v) is 35.7. The largest absolute Gasteiger partial charge is 0.472 e. The van der Waals surface area contributed by atoms with Crippen molar-refractivity contribution in [3.05, 3.63) is 122 Å². The number of rotatable bonds is 93. The highest BCUT2D eigenvalue weighted by Crippen LogP contribution is 2.45. The Kier molecular flexibility index (Phi) is 89.9. The molecule has 0 amide bonds. The van der Waals surface area contributed by atoms with Gasteiger partial charge in [-0.2, -0.15) is 0 Å². The summed E-state index contributed by atoms with van der Waals surface area (Å²) in [4.78, 5) is 59.0. The highest BCUT2D eigenvalue weighted by atomic mass is 31.2. The zero-order chi connectivity index (χ0) is 86.5. The van der Waals surface area contributed by atoms with Crippen molar-refractivity contribution >= 4 is 33.6 Å². The number of carbonyl (C=O) groups excluding carboxylic acids is 3. The van der Waals surface area contributed by atoms with Crippen LogP contribution >= 0.6 is 15.6 Å². The first-order valence-corrected chi connectivity index (χ1v) is 51.8. The van der Waals surface area contributed by atoms with Crippen molar-refractivity contribution in [2.24, 2.45) is 0 Å². The summed E-state index contributed by atoms with van der Waals surface area (Å²) in [7, 11) is -9.79. The van der Waals surface area contributed by atoms with Crippen LogP contribution in [-0.4, -0.2) is 95.9 Å². The standard InChI is InChI=1S/C101H180O16P2/c1-4-7-10-13-16-19-22-25-28-30-32-34-36-38-40-42-44-46-47-49-51-52-54-56-58-60-62-64-67-69-72-75-78-81-84-87-99(104)111-90-96(102)91-113-118(107,108)114-92-97(103)93-115-119(109,110)116-95-98(117-101(106)89-86-83-80-77-74-71-66-27-24-21-18-15-12-9-6-3)94-112-100(105)88-85-82-79-76-73-70-68-65-63-61-59-57-55-53-50-48-45-43-41-39-37-35-33-31-29-26-23-20-17-14-11-8-5-2/h7-8,10-11,16-17,19-20,25-26,28-29,32-35,38-41,96-98,102-103H,4-6,9,12-15,18,21-24,27,30-31,36-37,42-95H2,1-3H3,(H,107,108)(H,109,110)/b10-7-,11-8-,19-16-,20-17-,28-25-,29-26-,34-32-,35-33-,40-38-,41-39-. The van der Waals surface area contributed by atoms with Crippen molar-refractivity contribution in [3.63, 3.8) is 0 Å². The number of unbranched alkanes of at least 4 members (excludes halogenated alkanes) is 50. The molecule has 0 rings (SSSR count). The molecular formula is C101H180O16P2. The van der Waals surface area contributed by atoms with E-state index in [1.54, 1.807) is 0 Å². The van der Waals surface area contributed by atoms with Gasteiger partial charge in [-0.15, -0.1) is 0 Å². The molecule has 0 aromatic heterocycles. The van der Waals surface area contributed by atoms with E-state index < -0.39 is 91.5 Å². The lowest BCUT2D eigenvalue weighted by Gasteiger charge is -2.21. The molecule has 18 heteroatoms. The number of esters is 3. The number of aliphatic hydroxyl groups excluding tert-OH is 2. The fourth-order valence-corrected chi connectivity index (χ4v) is 15.5. The number of allylic oxidation sites excluding steroid dienone is 20. The molecule has 5 unspecified atom stereocenters. The van der Waals surface area contributed by atoms with Gasteiger partial charge < -0.3 is 34.2 Å². The maximum absolute atomic E-state index is 13.0. The summed E-state index contributed by atoms with van der Waals surface area (Å²) in [5.74, 6) is -1.54. The molecule has 0 aliphatic rings. The summed E-state index contributed by atoms with van der Waals surface area (Å²) < 4.78 is 61.5. The van der Waals surface area contributed by atoms with E-state index in [9.17, 15) is 43.5 Å². The van der Waals surface area contributed by atoms with Crippen molar-refractivity contribution in [2.75, 3.05) is 39.6 Å². The van der Waals surface area contributed by atoms with Crippen LogP contribution in [0.4, 0.5) is 0 Å². The number of aliphatic hydroxyl groups is 2. The minimum Gasteiger partial charge on any atom is -0.463 e. The molecule has 119 heavy (non-hydrogen) atoms. The fourth-order valence-electron chi connectivity index (χ4n) is 13.9. The number of hydrogen-bond donors (Lipinski definition) is 4. The maximum atomic E-state index is 13.0. The summed E-state index contributed by atoms with van der Waals surface area (Å²) in [6, 6.07) is 0. The predicted octanol–water partition coefficient (Wildman–Crippen LogP) is 30.3. The van der Waals surface area contributed by atoms with Crippen LogP contribution in [0.1, 0.15) is 445 Å². The summed E-state index contributed by atoms with van der Waals surface area (Å²) >= 11 is 0. The Bertz CT molecular complexity index is 2640. The van der Waals surface area contributed by atoms with Crippen LogP contribution in [0.15, 0.2) is 122 Å². The zero-order valence-electron chi connectivity index (χ0n) is 76.3. The first-order valence-electron chi connectivity index (χ1n) is 48.8. The fraction of sp³-hybridized carbons (Fsp3) is 0.772. The molecule has 0 saturated heterocycles. The SMILES string of the molecule is CC/C=C\C/C=C\C/C=C\C/C=C\C/C=C\CCCCCCCCCCCCCCCCCCCCCC(=O)OCC(O)COP(=O)(O)OCC(O)COP(=O)(O)OCC(COC(=O)CCCCCCCCCCCCCCCCCCC/C=C\C/C=C\C/C=C\C/C=C\C/C=C\CC)OC(=O)CCCCCCCCCCCCCCCCC. The molecule has 16 nitrogen and oxygen atoms in total. The van der Waals surface area contributed by atoms with E-state index >= 15 is 0 Å². The first-order chi connectivity index (χ1) is 58.2. The Hall–Kier alpha value is -4.05. The maximum Gasteiger partial charge on any atom is 0.472 e. The van der Waals surface area contributed by atoms with E-state index in [4.69, 9.17) is 32.3 Å². The molecule has 0 aromatic carbocycles. The molecule has 0 aromatic rings. The van der Waals surface area contributed by atoms with E-state index in [1.165, 1.54) is 257 Å². The quantitative estimate of drug-likeness (QED) is 0.0146. The van der Waals surface area contributed by atoms with Gasteiger partial charge in [0.05, 0.1) is 26.4 Å². The molecule has 0 bridgehead atoms. The highest BCUT2D eigenvalue weighted by molar-refractivity contribution is 7.47. The molecule has 0 heterocycles. The van der Waals surface area contributed by atoms with Gasteiger partial charge in [-0.3, -0.25) is 32.5 Å². The average Bonchev–Trinajstić information content (AvgIpc) is 0.898. The van der Waals surface area contributed by atoms with Crippen LogP contribution in [0, 0.1) is 0 Å². The third kappa shape index (κ3) is 94.5. The first kappa shape index (κ1) is 115. The number of phosphoric ester groups is 2. The van der Waals surface area contributed by atoms with E-state index in [0.717, 1.165) is 128 Å². The lowest BCUT2D eigenvalue weighted by atomic mass is 10.0. The monoisotopic (exact) mass is 1710 g/mol. The van der Waals surface area contributed by atoms with Crippen LogP contribution < -0.4 is 0 Å². The Morgan fingerprint density at radius 2 is 0.445 bits per heavy atom. The summed E-state index contributed by atoms with van der Waals surface area (Å²) in [6.45, 7) is 2.55. The lowest BCUT2D eigenvalue weighted by molar-refractivity contribution is -0.161. The van der Waals surface area contributed by atoms with Gasteiger partial charge in [-0.05, 0) is 109 Å². The topological polar surface area (TPSA) is 231 Å². The van der Waals surface area contributed by atoms with Gasteiger partial charge in [-0.25, -0.2) is 9.13 Å². The van der Waals surface area contributed by atoms with E-state index in [1.807, 2.05) is 0 Å². The molecule has 0 saturated carbocycles. The van der Waals surface area contributed by atoms with Crippen molar-refractivity contribution < 1.29 is 75.8 Å². The Morgan fingerprint density at radius 1 is 0.244 bits per heavy atom. The molecule has 0 fully saturated rings. The molecule has 690 valence electrons. The van der Waals surface area contributed by atoms with Gasteiger partial charge in [0.2, 0.25) is 0 Å². The Balaban J connectivity index is 4.38. The summed E-state index contributed by atoms with van der Waals surface area (Å²) in [6.07, 6.45) is 116. The van der Waals surface area contributed by atoms with Crippen molar-refractivity contribution in [1.29, 1.82) is 0 Å². The van der Waals surface area contributed by atoms with Crippen LogP contribution in [0.5, 0.6) is 0 Å². The van der Waals surface area contributed by atoms with Crippen LogP contribution in [-0.2, 0) is 55.8 Å². The molecule has 4 N–H and O–H groups in total. The van der Waals surface area contributed by atoms with E-state index in [0.29, 0.717) is 19.3 Å². The minimum absolute atomic E-state index is 0.111. The smallest absolute Gasteiger partial charge is 0.463 e. The van der Waals surface area contributed by atoms with Gasteiger partial charge >= 0.3 is 33.6 Å². The van der Waals surface area contributed by atoms with Crippen molar-refractivity contribution in [1.82, 2.24) is 0 Å². The number of carbonyl (C=O) groups is 3. The highest BCUT2D eigenvalue weighted by Gasteiger charge is 2.30. The normalized spacial score (nSPS) is 14.2. The lowest BCUT2D eigenvalue weighted by Crippen LogP contribution is -2.30. The second kappa shape index (κ2) is 93.1. The van der Waals surface area contributed by atoms with Gasteiger partial charge in [0.1, 0.15) is 25.4 Å². The van der Waals surface area contributed by atoms with E-state index in [-0.39, 0.29) is 19.3 Å². The molecule has 5 atom stereocenters. The van der Waals surface area contributed by atoms with Crippen LogP contribution in [0.3, 0.4) is 0 Å². The Labute approximate surface area is 729 Å². The van der Waals surface area contributed by atoms with Gasteiger partial charge in [0.15, 0.2) is 6.10 Å². The number of ether oxygens (including phenoxy) is 3. The Morgan fingerprint density at radius 3 is 0.706 bits per heavy atom.